The summed E-state index contributed by atoms with van der Waals surface area (Å²) in [4.78, 5) is 46.9. The molecular weight excluding hydrogens is 450 g/mol. The van der Waals surface area contributed by atoms with Crippen molar-refractivity contribution < 1.29 is 14.4 Å². The molecule has 34 heavy (non-hydrogen) atoms. The van der Waals surface area contributed by atoms with Crippen LogP contribution < -0.4 is 14.7 Å². The second-order valence-electron chi connectivity index (χ2n) is 8.97. The second-order valence-corrected chi connectivity index (χ2v) is 9.38. The highest BCUT2D eigenvalue weighted by molar-refractivity contribution is 6.39. The third kappa shape index (κ3) is 2.78. The quantitative estimate of drug-likeness (QED) is 0.491. The van der Waals surface area contributed by atoms with Gasteiger partial charge in [0.2, 0.25) is 0 Å². The predicted molar refractivity (Wildman–Crippen MR) is 131 cm³/mol. The molecule has 0 aliphatic carbocycles. The Balaban J connectivity index is 1.60. The molecule has 2 fully saturated rings. The smallest absolute Gasteiger partial charge is 0.342 e. The lowest BCUT2D eigenvalue weighted by molar-refractivity contribution is -0.142. The molecule has 2 saturated heterocycles. The van der Waals surface area contributed by atoms with Gasteiger partial charge in [-0.3, -0.25) is 9.59 Å². The van der Waals surface area contributed by atoms with Crippen LogP contribution in [0.3, 0.4) is 0 Å². The highest BCUT2D eigenvalue weighted by Crippen LogP contribution is 2.52. The molecule has 3 heterocycles. The van der Waals surface area contributed by atoms with Crippen molar-refractivity contribution in [1.29, 1.82) is 0 Å². The normalized spacial score (nSPS) is 21.1. The van der Waals surface area contributed by atoms with Crippen LogP contribution in [0, 0.1) is 5.41 Å². The van der Waals surface area contributed by atoms with Crippen molar-refractivity contribution in [2.75, 3.05) is 21.2 Å². The fourth-order valence-electron chi connectivity index (χ4n) is 5.77. The van der Waals surface area contributed by atoms with Gasteiger partial charge in [-0.25, -0.2) is 14.6 Å². The summed E-state index contributed by atoms with van der Waals surface area (Å²) in [6, 6.07) is 22.3. The first kappa shape index (κ1) is 20.9. The predicted octanol–water partition coefficient (Wildman–Crippen LogP) is 5.05. The minimum absolute atomic E-state index is 0.154. The van der Waals surface area contributed by atoms with Gasteiger partial charge in [-0.2, -0.15) is 0 Å². The highest BCUT2D eigenvalue weighted by Gasteiger charge is 2.65. The van der Waals surface area contributed by atoms with Crippen LogP contribution in [0.2, 0.25) is 5.02 Å². The zero-order chi connectivity index (χ0) is 23.4. The van der Waals surface area contributed by atoms with E-state index in [1.54, 1.807) is 54.6 Å². The molecule has 0 saturated carbocycles. The lowest BCUT2D eigenvalue weighted by Crippen LogP contribution is -2.72. The summed E-state index contributed by atoms with van der Waals surface area (Å²) >= 11 is 6.62. The topological polar surface area (TPSA) is 60.9 Å². The number of amides is 4. The average molecular weight is 472 g/mol. The van der Waals surface area contributed by atoms with Gasteiger partial charge in [0.25, 0.3) is 11.8 Å². The number of hydrogen-bond acceptors (Lipinski definition) is 4. The number of fused-ring (bicyclic) bond motifs is 4. The van der Waals surface area contributed by atoms with E-state index in [0.717, 1.165) is 24.2 Å². The van der Waals surface area contributed by atoms with Gasteiger partial charge in [-0.05, 0) is 54.8 Å². The van der Waals surface area contributed by atoms with Gasteiger partial charge in [-0.1, -0.05) is 54.1 Å². The molecule has 0 bridgehead atoms. The molecule has 6 nitrogen and oxygen atoms in total. The van der Waals surface area contributed by atoms with E-state index < -0.39 is 23.3 Å². The van der Waals surface area contributed by atoms with Crippen molar-refractivity contribution >= 4 is 46.5 Å². The van der Waals surface area contributed by atoms with E-state index in [4.69, 9.17) is 11.6 Å². The molecular formula is C27H22ClN3O3. The van der Waals surface area contributed by atoms with Crippen molar-refractivity contribution in [3.8, 4) is 0 Å². The summed E-state index contributed by atoms with van der Waals surface area (Å²) in [7, 11) is 0. The number of urea groups is 1. The Morgan fingerprint density at radius 3 is 1.94 bits per heavy atom. The Labute approximate surface area is 202 Å². The number of barbiturate groups is 1. The molecule has 3 aromatic carbocycles. The molecule has 0 N–H and O–H groups in total. The van der Waals surface area contributed by atoms with Gasteiger partial charge in [-0.15, -0.1) is 0 Å². The fourth-order valence-corrected chi connectivity index (χ4v) is 6.00. The third-order valence-corrected chi connectivity index (χ3v) is 7.62. The van der Waals surface area contributed by atoms with E-state index in [2.05, 4.69) is 4.90 Å². The molecule has 3 aliphatic heterocycles. The van der Waals surface area contributed by atoms with Crippen LogP contribution in [0.4, 0.5) is 21.9 Å². The van der Waals surface area contributed by atoms with E-state index in [0.29, 0.717) is 22.8 Å². The molecule has 3 aromatic rings. The number of para-hydroxylation sites is 2. The second kappa shape index (κ2) is 7.71. The van der Waals surface area contributed by atoms with Crippen molar-refractivity contribution in [3.63, 3.8) is 0 Å². The summed E-state index contributed by atoms with van der Waals surface area (Å²) in [6.07, 6.45) is 1.69. The largest absolute Gasteiger partial charge is 0.367 e. The number of carbonyl (C=O) groups is 3. The maximum atomic E-state index is 14.4. The van der Waals surface area contributed by atoms with Crippen molar-refractivity contribution in [2.24, 2.45) is 5.41 Å². The molecule has 4 amide bonds. The fraction of sp³-hybridized carbons (Fsp3) is 0.222. The summed E-state index contributed by atoms with van der Waals surface area (Å²) in [6.45, 7) is 0.727. The maximum Gasteiger partial charge on any atom is 0.342 e. The van der Waals surface area contributed by atoms with Crippen molar-refractivity contribution in [1.82, 2.24) is 0 Å². The van der Waals surface area contributed by atoms with Crippen LogP contribution in [-0.4, -0.2) is 30.4 Å². The lowest BCUT2D eigenvalue weighted by atomic mass is 9.68. The number of rotatable bonds is 2. The first-order valence-corrected chi connectivity index (χ1v) is 11.8. The molecule has 170 valence electrons. The van der Waals surface area contributed by atoms with E-state index in [9.17, 15) is 14.4 Å². The zero-order valence-electron chi connectivity index (χ0n) is 18.4. The first-order valence-electron chi connectivity index (χ1n) is 11.4. The van der Waals surface area contributed by atoms with Crippen LogP contribution in [0.1, 0.15) is 18.4 Å². The van der Waals surface area contributed by atoms with E-state index in [-0.39, 0.29) is 12.5 Å². The molecule has 6 rings (SSSR count). The van der Waals surface area contributed by atoms with Gasteiger partial charge in [0, 0.05) is 23.7 Å². The van der Waals surface area contributed by atoms with Gasteiger partial charge in [0.15, 0.2) is 5.41 Å². The van der Waals surface area contributed by atoms with Gasteiger partial charge in [0.1, 0.15) is 0 Å². The Morgan fingerprint density at radius 1 is 0.765 bits per heavy atom. The molecule has 1 unspecified atom stereocenters. The molecule has 0 radical (unpaired) electrons. The Morgan fingerprint density at radius 2 is 1.35 bits per heavy atom. The van der Waals surface area contributed by atoms with E-state index in [1.807, 2.05) is 24.3 Å². The van der Waals surface area contributed by atoms with Crippen molar-refractivity contribution in [3.05, 3.63) is 89.4 Å². The number of hydrogen-bond donors (Lipinski definition) is 0. The van der Waals surface area contributed by atoms with Gasteiger partial charge < -0.3 is 4.90 Å². The third-order valence-electron chi connectivity index (χ3n) is 7.26. The maximum absolute atomic E-state index is 14.4. The molecule has 3 aliphatic rings. The number of nitrogens with zero attached hydrogens (tertiary/aromatic N) is 3. The lowest BCUT2D eigenvalue weighted by Gasteiger charge is -2.51. The van der Waals surface area contributed by atoms with Crippen LogP contribution in [-0.2, 0) is 16.0 Å². The summed E-state index contributed by atoms with van der Waals surface area (Å²) in [5.74, 6) is -0.966. The Bertz CT molecular complexity index is 1250. The SMILES string of the molecule is O=C1N(c2ccccc2)C(=O)C2(Cc3c(Cl)cccc3N3CCCC32)C(=O)N1c1ccccc1. The number of halogens is 1. The monoisotopic (exact) mass is 471 g/mol. The number of anilines is 3. The standard InChI is InChI=1S/C27H22ClN3O3/c28-21-13-7-14-22-20(21)17-27(23-15-8-16-29(22)23)24(32)30(18-9-3-1-4-10-18)26(34)31(25(27)33)19-11-5-2-6-12-19/h1-7,9-14,23H,8,15-17H2. The first-order chi connectivity index (χ1) is 16.5. The molecule has 7 heteroatoms. The number of benzene rings is 3. The summed E-state index contributed by atoms with van der Waals surface area (Å²) in [5.41, 5.74) is 1.17. The molecule has 1 atom stereocenters. The zero-order valence-corrected chi connectivity index (χ0v) is 19.1. The summed E-state index contributed by atoms with van der Waals surface area (Å²) in [5, 5.41) is 0.525. The van der Waals surface area contributed by atoms with Gasteiger partial charge in [0.05, 0.1) is 17.4 Å². The minimum atomic E-state index is -1.46. The van der Waals surface area contributed by atoms with Crippen molar-refractivity contribution in [2.45, 2.75) is 25.3 Å². The van der Waals surface area contributed by atoms with Crippen LogP contribution in [0.5, 0.6) is 0 Å². The average Bonchev–Trinajstić information content (AvgIpc) is 3.36. The van der Waals surface area contributed by atoms with E-state index in [1.165, 1.54) is 9.80 Å². The van der Waals surface area contributed by atoms with Crippen LogP contribution >= 0.6 is 11.6 Å². The van der Waals surface area contributed by atoms with Gasteiger partial charge >= 0.3 is 6.03 Å². The highest BCUT2D eigenvalue weighted by atomic mass is 35.5. The number of imide groups is 2. The molecule has 1 spiro atoms. The molecule has 0 aromatic heterocycles. The van der Waals surface area contributed by atoms with Crippen LogP contribution in [0.15, 0.2) is 78.9 Å². The van der Waals surface area contributed by atoms with E-state index >= 15 is 0 Å². The van der Waals surface area contributed by atoms with Crippen LogP contribution in [0.25, 0.3) is 0 Å². The Hall–Kier alpha value is -3.64. The summed E-state index contributed by atoms with van der Waals surface area (Å²) < 4.78 is 0. The minimum Gasteiger partial charge on any atom is -0.367 e. The Kier molecular flexibility index (Phi) is 4.74. The number of carbonyl (C=O) groups excluding carboxylic acids is 3.